The van der Waals surface area contributed by atoms with Crippen LogP contribution in [0.15, 0.2) is 42.7 Å². The zero-order chi connectivity index (χ0) is 11.5. The van der Waals surface area contributed by atoms with Gasteiger partial charge < -0.3 is 5.11 Å². The molecule has 0 amide bonds. The number of rotatable bonds is 2. The molecule has 0 spiro atoms. The predicted molar refractivity (Wildman–Crippen MR) is 56.6 cm³/mol. The summed E-state index contributed by atoms with van der Waals surface area (Å²) in [5.41, 5.74) is 1.05. The molecule has 1 heterocycles. The molecule has 0 aliphatic rings. The molecule has 1 aromatic carbocycles. The number of pyridine rings is 1. The van der Waals surface area contributed by atoms with E-state index in [0.717, 1.165) is 0 Å². The minimum absolute atomic E-state index is 0.0631. The van der Waals surface area contributed by atoms with Crippen molar-refractivity contribution in [3.8, 4) is 11.1 Å². The van der Waals surface area contributed by atoms with E-state index in [-0.39, 0.29) is 5.56 Å². The third-order valence-electron chi connectivity index (χ3n) is 2.19. The van der Waals surface area contributed by atoms with Crippen molar-refractivity contribution in [3.63, 3.8) is 0 Å². The molecular formula is C12H8FNO2. The monoisotopic (exact) mass is 217 g/mol. The summed E-state index contributed by atoms with van der Waals surface area (Å²) in [5.74, 6) is -1.47. The van der Waals surface area contributed by atoms with Crippen LogP contribution in [0.4, 0.5) is 4.39 Å². The molecular weight excluding hydrogens is 209 g/mol. The highest BCUT2D eigenvalue weighted by molar-refractivity contribution is 5.95. The Morgan fingerprint density at radius 3 is 2.81 bits per heavy atom. The number of carboxylic acid groups (broad SMARTS) is 1. The first-order valence-electron chi connectivity index (χ1n) is 4.62. The molecule has 0 bridgehead atoms. The fraction of sp³-hybridized carbons (Fsp3) is 0. The quantitative estimate of drug-likeness (QED) is 0.841. The van der Waals surface area contributed by atoms with E-state index in [4.69, 9.17) is 5.11 Å². The van der Waals surface area contributed by atoms with Gasteiger partial charge in [-0.05, 0) is 29.3 Å². The van der Waals surface area contributed by atoms with Crippen LogP contribution >= 0.6 is 0 Å². The summed E-state index contributed by atoms with van der Waals surface area (Å²) in [4.78, 5) is 14.7. The molecule has 0 unspecified atom stereocenters. The Morgan fingerprint density at radius 2 is 2.12 bits per heavy atom. The van der Waals surface area contributed by atoms with E-state index >= 15 is 0 Å². The van der Waals surface area contributed by atoms with Crippen LogP contribution in [0.3, 0.4) is 0 Å². The van der Waals surface area contributed by atoms with Crippen molar-refractivity contribution in [2.24, 2.45) is 0 Å². The second-order valence-electron chi connectivity index (χ2n) is 3.24. The van der Waals surface area contributed by atoms with Crippen LogP contribution in [0.25, 0.3) is 11.1 Å². The molecule has 0 saturated heterocycles. The van der Waals surface area contributed by atoms with Crippen molar-refractivity contribution < 1.29 is 14.3 Å². The molecule has 3 nitrogen and oxygen atoms in total. The van der Waals surface area contributed by atoms with Crippen LogP contribution in [0.5, 0.6) is 0 Å². The van der Waals surface area contributed by atoms with Gasteiger partial charge in [0, 0.05) is 12.4 Å². The number of aromatic carboxylic acids is 1. The van der Waals surface area contributed by atoms with Gasteiger partial charge in [-0.1, -0.05) is 12.1 Å². The first kappa shape index (κ1) is 10.3. The third-order valence-corrected chi connectivity index (χ3v) is 2.19. The summed E-state index contributed by atoms with van der Waals surface area (Å²) < 4.78 is 13.0. The molecule has 80 valence electrons. The molecule has 16 heavy (non-hydrogen) atoms. The second-order valence-corrected chi connectivity index (χ2v) is 3.24. The minimum Gasteiger partial charge on any atom is -0.478 e. The highest BCUT2D eigenvalue weighted by Crippen LogP contribution is 2.23. The van der Waals surface area contributed by atoms with Crippen molar-refractivity contribution in [3.05, 3.63) is 54.1 Å². The SMILES string of the molecule is O=C(O)c1cnccc1-c1cccc(F)c1. The molecule has 0 atom stereocenters. The van der Waals surface area contributed by atoms with Crippen molar-refractivity contribution in [1.29, 1.82) is 0 Å². The number of nitrogens with zero attached hydrogens (tertiary/aromatic N) is 1. The third kappa shape index (κ3) is 1.91. The highest BCUT2D eigenvalue weighted by Gasteiger charge is 2.11. The standard InChI is InChI=1S/C12H8FNO2/c13-9-3-1-2-8(6-9)10-4-5-14-7-11(10)12(15)16/h1-7H,(H,15,16). The van der Waals surface area contributed by atoms with Crippen molar-refractivity contribution in [2.75, 3.05) is 0 Å². The molecule has 1 N–H and O–H groups in total. The summed E-state index contributed by atoms with van der Waals surface area (Å²) >= 11 is 0. The Balaban J connectivity index is 2.60. The summed E-state index contributed by atoms with van der Waals surface area (Å²) in [6.07, 6.45) is 2.73. The molecule has 2 aromatic rings. The number of hydrogen-bond donors (Lipinski definition) is 1. The van der Waals surface area contributed by atoms with Gasteiger partial charge in [-0.15, -0.1) is 0 Å². The zero-order valence-corrected chi connectivity index (χ0v) is 8.22. The molecule has 0 radical (unpaired) electrons. The first-order valence-corrected chi connectivity index (χ1v) is 4.62. The van der Waals surface area contributed by atoms with Gasteiger partial charge in [0.2, 0.25) is 0 Å². The number of benzene rings is 1. The summed E-state index contributed by atoms with van der Waals surface area (Å²) in [7, 11) is 0. The Labute approximate surface area is 91.2 Å². The Bertz CT molecular complexity index is 540. The number of halogens is 1. The van der Waals surface area contributed by atoms with Gasteiger partial charge in [0.05, 0.1) is 5.56 Å². The lowest BCUT2D eigenvalue weighted by Gasteiger charge is -2.05. The lowest BCUT2D eigenvalue weighted by Crippen LogP contribution is -2.00. The summed E-state index contributed by atoms with van der Waals surface area (Å²) in [6.45, 7) is 0. The summed E-state index contributed by atoms with van der Waals surface area (Å²) in [6, 6.07) is 7.35. The average Bonchev–Trinajstić information content (AvgIpc) is 2.29. The van der Waals surface area contributed by atoms with Crippen LogP contribution in [0, 0.1) is 5.82 Å². The average molecular weight is 217 g/mol. The maximum absolute atomic E-state index is 13.0. The molecule has 4 heteroatoms. The predicted octanol–water partition coefficient (Wildman–Crippen LogP) is 2.59. The topological polar surface area (TPSA) is 50.2 Å². The van der Waals surface area contributed by atoms with E-state index in [1.807, 2.05) is 0 Å². The minimum atomic E-state index is -1.08. The maximum atomic E-state index is 13.0. The number of hydrogen-bond acceptors (Lipinski definition) is 2. The largest absolute Gasteiger partial charge is 0.478 e. The highest BCUT2D eigenvalue weighted by atomic mass is 19.1. The fourth-order valence-electron chi connectivity index (χ4n) is 1.47. The summed E-state index contributed by atoms with van der Waals surface area (Å²) in [5, 5.41) is 8.96. The lowest BCUT2D eigenvalue weighted by molar-refractivity contribution is 0.0697. The van der Waals surface area contributed by atoms with Crippen molar-refractivity contribution in [1.82, 2.24) is 4.98 Å². The first-order chi connectivity index (χ1) is 7.68. The smallest absolute Gasteiger partial charge is 0.337 e. The number of carboxylic acids is 1. The van der Waals surface area contributed by atoms with Crippen LogP contribution in [0.1, 0.15) is 10.4 Å². The fourth-order valence-corrected chi connectivity index (χ4v) is 1.47. The van der Waals surface area contributed by atoms with Gasteiger partial charge in [0.15, 0.2) is 0 Å². The van der Waals surface area contributed by atoms with E-state index in [0.29, 0.717) is 11.1 Å². The van der Waals surface area contributed by atoms with Crippen molar-refractivity contribution >= 4 is 5.97 Å². The van der Waals surface area contributed by atoms with Gasteiger partial charge in [0.1, 0.15) is 5.82 Å². The maximum Gasteiger partial charge on any atom is 0.337 e. The number of aromatic nitrogens is 1. The lowest BCUT2D eigenvalue weighted by atomic mass is 10.0. The van der Waals surface area contributed by atoms with Gasteiger partial charge >= 0.3 is 5.97 Å². The van der Waals surface area contributed by atoms with E-state index < -0.39 is 11.8 Å². The van der Waals surface area contributed by atoms with Crippen LogP contribution in [0.2, 0.25) is 0 Å². The van der Waals surface area contributed by atoms with Gasteiger partial charge in [0.25, 0.3) is 0 Å². The molecule has 2 rings (SSSR count). The number of carbonyl (C=O) groups is 1. The molecule has 0 aliphatic heterocycles. The zero-order valence-electron chi connectivity index (χ0n) is 8.22. The van der Waals surface area contributed by atoms with E-state index in [9.17, 15) is 9.18 Å². The Hall–Kier alpha value is -2.23. The Morgan fingerprint density at radius 1 is 1.31 bits per heavy atom. The van der Waals surface area contributed by atoms with Crippen LogP contribution < -0.4 is 0 Å². The molecule has 0 fully saturated rings. The normalized spacial score (nSPS) is 10.1. The molecule has 1 aromatic heterocycles. The van der Waals surface area contributed by atoms with E-state index in [1.54, 1.807) is 12.1 Å². The van der Waals surface area contributed by atoms with Gasteiger partial charge in [-0.25, -0.2) is 9.18 Å². The van der Waals surface area contributed by atoms with Crippen LogP contribution in [-0.2, 0) is 0 Å². The Kier molecular flexibility index (Phi) is 2.64. The van der Waals surface area contributed by atoms with Gasteiger partial charge in [-0.2, -0.15) is 0 Å². The molecule has 0 aliphatic carbocycles. The van der Waals surface area contributed by atoms with E-state index in [1.165, 1.54) is 30.6 Å². The van der Waals surface area contributed by atoms with E-state index in [2.05, 4.69) is 4.98 Å². The van der Waals surface area contributed by atoms with Gasteiger partial charge in [-0.3, -0.25) is 4.98 Å². The van der Waals surface area contributed by atoms with Crippen LogP contribution in [-0.4, -0.2) is 16.1 Å². The van der Waals surface area contributed by atoms with Crippen molar-refractivity contribution in [2.45, 2.75) is 0 Å². The second kappa shape index (κ2) is 4.10. The molecule has 0 saturated carbocycles.